The van der Waals surface area contributed by atoms with Crippen LogP contribution in [0.25, 0.3) is 10.2 Å². The summed E-state index contributed by atoms with van der Waals surface area (Å²) in [7, 11) is 2.15. The summed E-state index contributed by atoms with van der Waals surface area (Å²) in [6.07, 6.45) is 0. The van der Waals surface area contributed by atoms with Crippen LogP contribution in [0.3, 0.4) is 0 Å². The Bertz CT molecular complexity index is 962. The topological polar surface area (TPSA) is 57.7 Å². The number of anilines is 2. The van der Waals surface area contributed by atoms with Crippen LogP contribution in [0.15, 0.2) is 42.5 Å². The quantitative estimate of drug-likeness (QED) is 0.713. The number of piperazine rings is 1. The van der Waals surface area contributed by atoms with E-state index in [1.807, 2.05) is 37.3 Å². The van der Waals surface area contributed by atoms with Gasteiger partial charge in [-0.3, -0.25) is 4.79 Å². The number of ether oxygens (including phenoxy) is 1. The second-order valence-electron chi connectivity index (χ2n) is 6.88. The first-order chi connectivity index (χ1) is 13.6. The molecule has 0 spiro atoms. The highest BCUT2D eigenvalue weighted by Crippen LogP contribution is 2.31. The number of amides is 1. The van der Waals surface area contributed by atoms with Gasteiger partial charge in [0, 0.05) is 37.4 Å². The standard InChI is InChI=1S/C21H24N4O2S/c1-3-27-17-7-4-15(5-8-17)20(26)22-16-6-9-18-19(14-16)28-21(23-18)25-12-10-24(2)11-13-25/h4-9,14H,3,10-13H2,1-2H3,(H,22,26). The number of fused-ring (bicyclic) bond motifs is 1. The highest BCUT2D eigenvalue weighted by Gasteiger charge is 2.18. The van der Waals surface area contributed by atoms with Crippen molar-refractivity contribution in [1.29, 1.82) is 0 Å². The fraction of sp³-hybridized carbons (Fsp3) is 0.333. The van der Waals surface area contributed by atoms with E-state index in [1.54, 1.807) is 23.5 Å². The fourth-order valence-electron chi connectivity index (χ4n) is 3.20. The van der Waals surface area contributed by atoms with Crippen molar-refractivity contribution in [2.75, 3.05) is 50.1 Å². The van der Waals surface area contributed by atoms with Gasteiger partial charge in [-0.05, 0) is 56.4 Å². The largest absolute Gasteiger partial charge is 0.494 e. The minimum atomic E-state index is -0.133. The third-order valence-electron chi connectivity index (χ3n) is 4.84. The SMILES string of the molecule is CCOc1ccc(C(=O)Nc2ccc3nc(N4CCN(C)CC4)sc3c2)cc1. The molecule has 1 N–H and O–H groups in total. The van der Waals surface area contributed by atoms with Crippen molar-refractivity contribution < 1.29 is 9.53 Å². The Hall–Kier alpha value is -2.64. The van der Waals surface area contributed by atoms with E-state index in [4.69, 9.17) is 9.72 Å². The van der Waals surface area contributed by atoms with Gasteiger partial charge >= 0.3 is 0 Å². The summed E-state index contributed by atoms with van der Waals surface area (Å²) >= 11 is 1.68. The summed E-state index contributed by atoms with van der Waals surface area (Å²) < 4.78 is 6.50. The maximum Gasteiger partial charge on any atom is 0.255 e. The first-order valence-corrected chi connectivity index (χ1v) is 10.3. The predicted molar refractivity (Wildman–Crippen MR) is 115 cm³/mol. The first kappa shape index (κ1) is 18.7. The molecule has 1 aliphatic rings. The fourth-order valence-corrected chi connectivity index (χ4v) is 4.25. The highest BCUT2D eigenvalue weighted by molar-refractivity contribution is 7.22. The Labute approximate surface area is 168 Å². The molecule has 0 bridgehead atoms. The third kappa shape index (κ3) is 4.10. The zero-order chi connectivity index (χ0) is 19.5. The number of hydrogen-bond donors (Lipinski definition) is 1. The van der Waals surface area contributed by atoms with Crippen LogP contribution in [-0.4, -0.2) is 55.6 Å². The second kappa shape index (κ2) is 8.16. The van der Waals surface area contributed by atoms with E-state index in [0.717, 1.165) is 53.0 Å². The highest BCUT2D eigenvalue weighted by atomic mass is 32.1. The molecule has 1 amide bonds. The van der Waals surface area contributed by atoms with E-state index in [1.165, 1.54) is 0 Å². The lowest BCUT2D eigenvalue weighted by Crippen LogP contribution is -2.44. The van der Waals surface area contributed by atoms with Crippen molar-refractivity contribution in [2.45, 2.75) is 6.92 Å². The van der Waals surface area contributed by atoms with Gasteiger partial charge in [0.2, 0.25) is 0 Å². The molecule has 0 radical (unpaired) electrons. The molecule has 7 heteroatoms. The molecule has 6 nitrogen and oxygen atoms in total. The normalized spacial score (nSPS) is 15.0. The summed E-state index contributed by atoms with van der Waals surface area (Å²) in [6.45, 7) is 6.65. The minimum Gasteiger partial charge on any atom is -0.494 e. The van der Waals surface area contributed by atoms with Crippen LogP contribution < -0.4 is 15.0 Å². The van der Waals surface area contributed by atoms with E-state index < -0.39 is 0 Å². The van der Waals surface area contributed by atoms with Crippen LogP contribution in [0.4, 0.5) is 10.8 Å². The van der Waals surface area contributed by atoms with Gasteiger partial charge in [-0.15, -0.1) is 0 Å². The monoisotopic (exact) mass is 396 g/mol. The average Bonchev–Trinajstić information content (AvgIpc) is 3.12. The number of carbonyl (C=O) groups excluding carboxylic acids is 1. The zero-order valence-corrected chi connectivity index (χ0v) is 17.0. The minimum absolute atomic E-state index is 0.133. The molecule has 28 heavy (non-hydrogen) atoms. The Morgan fingerprint density at radius 2 is 1.89 bits per heavy atom. The van der Waals surface area contributed by atoms with Gasteiger partial charge in [0.1, 0.15) is 5.75 Å². The van der Waals surface area contributed by atoms with Crippen LogP contribution in [0.2, 0.25) is 0 Å². The maximum atomic E-state index is 12.5. The molecule has 0 atom stereocenters. The number of benzene rings is 2. The summed E-state index contributed by atoms with van der Waals surface area (Å²) in [5, 5.41) is 4.03. The predicted octanol–water partition coefficient (Wildman–Crippen LogP) is 3.70. The third-order valence-corrected chi connectivity index (χ3v) is 5.92. The van der Waals surface area contributed by atoms with E-state index >= 15 is 0 Å². The average molecular weight is 397 g/mol. The number of carbonyl (C=O) groups is 1. The second-order valence-corrected chi connectivity index (χ2v) is 7.89. The van der Waals surface area contributed by atoms with E-state index in [9.17, 15) is 4.79 Å². The molecule has 146 valence electrons. The van der Waals surface area contributed by atoms with Gasteiger partial charge in [0.05, 0.1) is 16.8 Å². The number of nitrogens with one attached hydrogen (secondary N) is 1. The lowest BCUT2D eigenvalue weighted by molar-refractivity contribution is 0.102. The van der Waals surface area contributed by atoms with Crippen molar-refractivity contribution in [2.24, 2.45) is 0 Å². The van der Waals surface area contributed by atoms with Crippen LogP contribution in [0.1, 0.15) is 17.3 Å². The van der Waals surface area contributed by atoms with Crippen molar-refractivity contribution in [3.8, 4) is 5.75 Å². The molecule has 3 aromatic rings. The molecule has 1 fully saturated rings. The molecular formula is C21H24N4O2S. The van der Waals surface area contributed by atoms with Crippen LogP contribution in [-0.2, 0) is 0 Å². The Morgan fingerprint density at radius 1 is 1.14 bits per heavy atom. The van der Waals surface area contributed by atoms with Crippen LogP contribution >= 0.6 is 11.3 Å². The number of nitrogens with zero attached hydrogens (tertiary/aromatic N) is 3. The lowest BCUT2D eigenvalue weighted by Gasteiger charge is -2.31. The van der Waals surface area contributed by atoms with E-state index in [0.29, 0.717) is 12.2 Å². The number of thiazole rings is 1. The van der Waals surface area contributed by atoms with Crippen molar-refractivity contribution in [3.63, 3.8) is 0 Å². The number of rotatable bonds is 5. The molecule has 4 rings (SSSR count). The molecule has 1 saturated heterocycles. The lowest BCUT2D eigenvalue weighted by atomic mass is 10.2. The number of aromatic nitrogens is 1. The molecule has 1 aliphatic heterocycles. The van der Waals surface area contributed by atoms with E-state index in [-0.39, 0.29) is 5.91 Å². The molecule has 0 unspecified atom stereocenters. The van der Waals surface area contributed by atoms with Gasteiger partial charge in [-0.25, -0.2) is 4.98 Å². The molecule has 0 saturated carbocycles. The summed E-state index contributed by atoms with van der Waals surface area (Å²) in [5.41, 5.74) is 2.35. The number of likely N-dealkylation sites (N-methyl/N-ethyl adjacent to an activating group) is 1. The van der Waals surface area contributed by atoms with Gasteiger partial charge in [0.25, 0.3) is 5.91 Å². The summed E-state index contributed by atoms with van der Waals surface area (Å²) in [5.74, 6) is 0.632. The smallest absolute Gasteiger partial charge is 0.255 e. The molecular weight excluding hydrogens is 372 g/mol. The summed E-state index contributed by atoms with van der Waals surface area (Å²) in [4.78, 5) is 22.0. The van der Waals surface area contributed by atoms with Gasteiger partial charge < -0.3 is 19.9 Å². The van der Waals surface area contributed by atoms with Crippen molar-refractivity contribution in [1.82, 2.24) is 9.88 Å². The van der Waals surface area contributed by atoms with Crippen molar-refractivity contribution in [3.05, 3.63) is 48.0 Å². The Balaban J connectivity index is 1.47. The van der Waals surface area contributed by atoms with Gasteiger partial charge in [0.15, 0.2) is 5.13 Å². The van der Waals surface area contributed by atoms with Crippen LogP contribution in [0.5, 0.6) is 5.75 Å². The molecule has 1 aromatic heterocycles. The van der Waals surface area contributed by atoms with Gasteiger partial charge in [-0.1, -0.05) is 11.3 Å². The molecule has 2 aromatic carbocycles. The molecule has 0 aliphatic carbocycles. The number of hydrogen-bond acceptors (Lipinski definition) is 6. The van der Waals surface area contributed by atoms with Gasteiger partial charge in [-0.2, -0.15) is 0 Å². The van der Waals surface area contributed by atoms with Crippen LogP contribution in [0, 0.1) is 0 Å². The van der Waals surface area contributed by atoms with Crippen molar-refractivity contribution >= 4 is 38.3 Å². The first-order valence-electron chi connectivity index (χ1n) is 9.50. The molecule has 2 heterocycles. The Morgan fingerprint density at radius 3 is 2.61 bits per heavy atom. The summed E-state index contributed by atoms with van der Waals surface area (Å²) in [6, 6.07) is 13.1. The van der Waals surface area contributed by atoms with E-state index in [2.05, 4.69) is 22.2 Å². The zero-order valence-electron chi connectivity index (χ0n) is 16.1. The maximum absolute atomic E-state index is 12.5. The Kier molecular flexibility index (Phi) is 5.45.